The molecule has 0 fully saturated rings. The molecule has 0 aromatic heterocycles. The maximum atomic E-state index is 13.0. The second-order valence-corrected chi connectivity index (χ2v) is 10.6. The van der Waals surface area contributed by atoms with E-state index in [9.17, 15) is 26.4 Å². The second-order valence-electron chi connectivity index (χ2n) is 8.97. The highest BCUT2D eigenvalue weighted by molar-refractivity contribution is 7.85. The van der Waals surface area contributed by atoms with Crippen LogP contribution in [0.15, 0.2) is 36.4 Å². The zero-order valence-electron chi connectivity index (χ0n) is 18.8. The van der Waals surface area contributed by atoms with Gasteiger partial charge in [0.2, 0.25) is 0 Å². The van der Waals surface area contributed by atoms with Gasteiger partial charge in [-0.1, -0.05) is 18.2 Å². The number of hydrogen-bond acceptors (Lipinski definition) is 5. The normalized spacial score (nSPS) is 14.7. The van der Waals surface area contributed by atoms with Crippen molar-refractivity contribution in [3.8, 4) is 11.1 Å². The van der Waals surface area contributed by atoms with Gasteiger partial charge in [0.25, 0.3) is 10.1 Å². The Labute approximate surface area is 191 Å². The number of halogens is 3. The average molecular weight is 486 g/mol. The molecule has 0 radical (unpaired) electrons. The van der Waals surface area contributed by atoms with Crippen LogP contribution in [0.3, 0.4) is 0 Å². The third kappa shape index (κ3) is 6.70. The minimum atomic E-state index is -4.46. The van der Waals surface area contributed by atoms with Crippen molar-refractivity contribution in [1.82, 2.24) is 4.90 Å². The van der Waals surface area contributed by atoms with Gasteiger partial charge in [0.15, 0.2) is 0 Å². The van der Waals surface area contributed by atoms with Crippen molar-refractivity contribution >= 4 is 16.2 Å². The van der Waals surface area contributed by atoms with Gasteiger partial charge in [0, 0.05) is 13.1 Å². The molecule has 0 spiro atoms. The molecule has 2 aromatic carbocycles. The van der Waals surface area contributed by atoms with Crippen LogP contribution in [0.25, 0.3) is 11.1 Å². The molecular weight excluding hydrogens is 459 g/mol. The number of amides is 1. The number of hydrogen-bond donors (Lipinski definition) is 0. The molecule has 0 saturated heterocycles. The summed E-state index contributed by atoms with van der Waals surface area (Å²) in [6.07, 6.45) is -3.51. The molecule has 0 aliphatic carbocycles. The number of benzene rings is 2. The fourth-order valence-corrected chi connectivity index (χ4v) is 3.92. The Balaban J connectivity index is 2.01. The monoisotopic (exact) mass is 485 g/mol. The lowest BCUT2D eigenvalue weighted by molar-refractivity contribution is -0.137. The van der Waals surface area contributed by atoms with Gasteiger partial charge in [-0.15, -0.1) is 0 Å². The summed E-state index contributed by atoms with van der Waals surface area (Å²) in [6.45, 7) is 5.72. The number of carbonyl (C=O) groups is 1. The number of nitrogens with zero attached hydrogens (tertiary/aromatic N) is 1. The topological polar surface area (TPSA) is 72.9 Å². The lowest BCUT2D eigenvalue weighted by Crippen LogP contribution is -2.40. The van der Waals surface area contributed by atoms with Gasteiger partial charge in [-0.2, -0.15) is 21.6 Å². The van der Waals surface area contributed by atoms with E-state index in [1.165, 1.54) is 12.1 Å². The predicted molar refractivity (Wildman–Crippen MR) is 117 cm³/mol. The van der Waals surface area contributed by atoms with Crippen molar-refractivity contribution < 1.29 is 35.3 Å². The Morgan fingerprint density at radius 3 is 2.27 bits per heavy atom. The van der Waals surface area contributed by atoms with Crippen molar-refractivity contribution in [3.63, 3.8) is 0 Å². The molecule has 1 aliphatic rings. The smallest absolute Gasteiger partial charge is 0.416 e. The summed E-state index contributed by atoms with van der Waals surface area (Å²) in [5, 5.41) is 0. The second kappa shape index (κ2) is 8.98. The molecule has 1 heterocycles. The Kier molecular flexibility index (Phi) is 6.82. The SMILES string of the molecule is CC(C)(C)OC(=O)N1CCc2cc(COS(C)(=O)=O)cc(-c3ccc(C(F)(F)F)cc3)c2C1. The van der Waals surface area contributed by atoms with Crippen LogP contribution >= 0.6 is 0 Å². The van der Waals surface area contributed by atoms with Gasteiger partial charge >= 0.3 is 12.3 Å². The van der Waals surface area contributed by atoms with E-state index >= 15 is 0 Å². The summed E-state index contributed by atoms with van der Waals surface area (Å²) in [5.41, 5.74) is 1.91. The zero-order valence-corrected chi connectivity index (χ0v) is 19.6. The van der Waals surface area contributed by atoms with Crippen LogP contribution in [0.5, 0.6) is 0 Å². The van der Waals surface area contributed by atoms with E-state index in [4.69, 9.17) is 8.92 Å². The van der Waals surface area contributed by atoms with Crippen LogP contribution in [0.2, 0.25) is 0 Å². The Morgan fingerprint density at radius 1 is 1.09 bits per heavy atom. The fraction of sp³-hybridized carbons (Fsp3) is 0.435. The molecule has 0 unspecified atom stereocenters. The maximum absolute atomic E-state index is 13.0. The first-order chi connectivity index (χ1) is 15.1. The van der Waals surface area contributed by atoms with Crippen LogP contribution < -0.4 is 0 Å². The standard InChI is InChI=1S/C23H26F3NO5S/c1-22(2,3)32-21(28)27-10-9-17-11-15(14-31-33(4,29)30)12-19(20(17)13-27)16-5-7-18(8-6-16)23(24,25)26/h5-8,11-12H,9-10,13-14H2,1-4H3. The largest absolute Gasteiger partial charge is 0.444 e. The van der Waals surface area contributed by atoms with E-state index in [1.54, 1.807) is 37.8 Å². The molecule has 1 aliphatic heterocycles. The molecule has 1 amide bonds. The minimum absolute atomic E-state index is 0.199. The third-order valence-corrected chi connectivity index (χ3v) is 5.56. The van der Waals surface area contributed by atoms with E-state index in [0.717, 1.165) is 29.5 Å². The molecule has 33 heavy (non-hydrogen) atoms. The van der Waals surface area contributed by atoms with E-state index < -0.39 is 33.6 Å². The summed E-state index contributed by atoms with van der Waals surface area (Å²) < 4.78 is 72.3. The fourth-order valence-electron chi connectivity index (χ4n) is 3.57. The molecular formula is C23H26F3NO5S. The van der Waals surface area contributed by atoms with E-state index in [-0.39, 0.29) is 13.2 Å². The van der Waals surface area contributed by atoms with Gasteiger partial charge in [0.05, 0.1) is 18.4 Å². The van der Waals surface area contributed by atoms with Gasteiger partial charge < -0.3 is 9.64 Å². The molecule has 6 nitrogen and oxygen atoms in total. The van der Waals surface area contributed by atoms with Crippen molar-refractivity contribution in [2.24, 2.45) is 0 Å². The van der Waals surface area contributed by atoms with Crippen molar-refractivity contribution in [2.45, 2.75) is 52.1 Å². The van der Waals surface area contributed by atoms with Crippen LogP contribution in [-0.4, -0.2) is 37.8 Å². The number of rotatable bonds is 4. The molecule has 0 atom stereocenters. The first-order valence-corrected chi connectivity index (χ1v) is 12.1. The summed E-state index contributed by atoms with van der Waals surface area (Å²) in [5.74, 6) is 0. The van der Waals surface area contributed by atoms with E-state index in [1.807, 2.05) is 0 Å². The third-order valence-electron chi connectivity index (χ3n) is 5.02. The molecule has 0 saturated carbocycles. The van der Waals surface area contributed by atoms with Gasteiger partial charge in [0.1, 0.15) is 5.60 Å². The number of ether oxygens (including phenoxy) is 1. The summed E-state index contributed by atoms with van der Waals surface area (Å²) >= 11 is 0. The lowest BCUT2D eigenvalue weighted by Gasteiger charge is -2.32. The first-order valence-electron chi connectivity index (χ1n) is 10.3. The number of alkyl halides is 3. The summed E-state index contributed by atoms with van der Waals surface area (Å²) in [6, 6.07) is 8.22. The zero-order chi connectivity index (χ0) is 24.6. The average Bonchev–Trinajstić information content (AvgIpc) is 2.69. The summed E-state index contributed by atoms with van der Waals surface area (Å²) in [7, 11) is -3.67. The number of fused-ring (bicyclic) bond motifs is 1. The first kappa shape index (κ1) is 25.0. The van der Waals surface area contributed by atoms with Crippen molar-refractivity contribution in [3.05, 3.63) is 58.7 Å². The molecule has 3 rings (SSSR count). The highest BCUT2D eigenvalue weighted by Gasteiger charge is 2.31. The van der Waals surface area contributed by atoms with Crippen molar-refractivity contribution in [2.75, 3.05) is 12.8 Å². The van der Waals surface area contributed by atoms with Crippen LogP contribution in [-0.2, 0) is 44.8 Å². The van der Waals surface area contributed by atoms with E-state index in [0.29, 0.717) is 29.7 Å². The molecule has 0 bridgehead atoms. The molecule has 2 aromatic rings. The van der Waals surface area contributed by atoms with Gasteiger partial charge in [-0.3, -0.25) is 4.18 Å². The Hall–Kier alpha value is -2.59. The van der Waals surface area contributed by atoms with Crippen LogP contribution in [0.4, 0.5) is 18.0 Å². The Morgan fingerprint density at radius 2 is 1.73 bits per heavy atom. The predicted octanol–water partition coefficient (Wildman–Crippen LogP) is 5.14. The van der Waals surface area contributed by atoms with Crippen molar-refractivity contribution in [1.29, 1.82) is 0 Å². The van der Waals surface area contributed by atoms with Crippen LogP contribution in [0.1, 0.15) is 43.0 Å². The van der Waals surface area contributed by atoms with E-state index in [2.05, 4.69) is 0 Å². The van der Waals surface area contributed by atoms with Crippen LogP contribution in [0, 0.1) is 0 Å². The van der Waals surface area contributed by atoms with Gasteiger partial charge in [-0.25, -0.2) is 4.79 Å². The quantitative estimate of drug-likeness (QED) is 0.561. The molecule has 0 N–H and O–H groups in total. The minimum Gasteiger partial charge on any atom is -0.444 e. The molecule has 10 heteroatoms. The maximum Gasteiger partial charge on any atom is 0.416 e. The lowest BCUT2D eigenvalue weighted by atomic mass is 9.89. The highest BCUT2D eigenvalue weighted by Crippen LogP contribution is 2.35. The Bertz CT molecular complexity index is 1140. The highest BCUT2D eigenvalue weighted by atomic mass is 32.2. The molecule has 180 valence electrons. The van der Waals surface area contributed by atoms with Gasteiger partial charge in [-0.05, 0) is 73.2 Å². The summed E-state index contributed by atoms with van der Waals surface area (Å²) in [4.78, 5) is 14.1. The number of carbonyl (C=O) groups excluding carboxylic acids is 1.